The summed E-state index contributed by atoms with van der Waals surface area (Å²) in [6.07, 6.45) is 1.53. The lowest BCUT2D eigenvalue weighted by atomic mass is 9.87. The van der Waals surface area contributed by atoms with Gasteiger partial charge in [-0.25, -0.2) is 0 Å². The number of nitrogens with zero attached hydrogens (tertiary/aromatic N) is 2. The number of rotatable bonds is 5. The van der Waals surface area contributed by atoms with Crippen LogP contribution in [0.5, 0.6) is 0 Å². The molecule has 108 valence electrons. The SMILES string of the molecule is CC(=O)C(C(=O)c1ccccc1)C(=O)c1cn(C)nc1C. The van der Waals surface area contributed by atoms with Gasteiger partial charge >= 0.3 is 0 Å². The van der Waals surface area contributed by atoms with E-state index in [1.807, 2.05) is 0 Å². The van der Waals surface area contributed by atoms with Gasteiger partial charge in [-0.2, -0.15) is 5.10 Å². The van der Waals surface area contributed by atoms with Crippen LogP contribution < -0.4 is 0 Å². The molecule has 0 radical (unpaired) electrons. The summed E-state index contributed by atoms with van der Waals surface area (Å²) in [4.78, 5) is 36.8. The lowest BCUT2D eigenvalue weighted by Gasteiger charge is -2.11. The number of benzene rings is 1. The Morgan fingerprint density at radius 2 is 1.71 bits per heavy atom. The van der Waals surface area contributed by atoms with E-state index in [0.29, 0.717) is 16.8 Å². The van der Waals surface area contributed by atoms with Crippen molar-refractivity contribution in [3.63, 3.8) is 0 Å². The topological polar surface area (TPSA) is 69.0 Å². The van der Waals surface area contributed by atoms with E-state index in [0.717, 1.165) is 0 Å². The predicted octanol–water partition coefficient (Wildman–Crippen LogP) is 2.00. The molecule has 0 saturated heterocycles. The zero-order chi connectivity index (χ0) is 15.6. The Hall–Kier alpha value is -2.56. The van der Waals surface area contributed by atoms with Gasteiger partial charge in [0.15, 0.2) is 11.6 Å². The van der Waals surface area contributed by atoms with Crippen LogP contribution in [-0.4, -0.2) is 27.1 Å². The van der Waals surface area contributed by atoms with Gasteiger partial charge in [-0.15, -0.1) is 0 Å². The molecule has 1 atom stereocenters. The molecular formula is C16H16N2O3. The average Bonchev–Trinajstić information content (AvgIpc) is 2.78. The van der Waals surface area contributed by atoms with Crippen molar-refractivity contribution in [2.24, 2.45) is 13.0 Å². The van der Waals surface area contributed by atoms with E-state index in [2.05, 4.69) is 5.10 Å². The molecule has 0 saturated carbocycles. The van der Waals surface area contributed by atoms with Gasteiger partial charge in [-0.3, -0.25) is 19.1 Å². The number of carbonyl (C=O) groups excluding carboxylic acids is 3. The first-order chi connectivity index (χ1) is 9.91. The molecule has 0 bridgehead atoms. The maximum absolute atomic E-state index is 12.5. The van der Waals surface area contributed by atoms with Crippen LogP contribution >= 0.6 is 0 Å². The fraction of sp³-hybridized carbons (Fsp3) is 0.250. The number of ketones is 3. The molecular weight excluding hydrogens is 268 g/mol. The fourth-order valence-electron chi connectivity index (χ4n) is 2.25. The number of hydrogen-bond donors (Lipinski definition) is 0. The van der Waals surface area contributed by atoms with E-state index < -0.39 is 23.3 Å². The molecule has 21 heavy (non-hydrogen) atoms. The van der Waals surface area contributed by atoms with Crippen molar-refractivity contribution in [2.75, 3.05) is 0 Å². The largest absolute Gasteiger partial charge is 0.299 e. The Labute approximate surface area is 122 Å². The molecule has 0 aliphatic rings. The summed E-state index contributed by atoms with van der Waals surface area (Å²) in [7, 11) is 1.69. The van der Waals surface area contributed by atoms with Crippen LogP contribution in [0.15, 0.2) is 36.5 Å². The van der Waals surface area contributed by atoms with Crippen molar-refractivity contribution >= 4 is 17.3 Å². The standard InChI is InChI=1S/C16H16N2O3/c1-10-13(9-18(3)17-10)16(21)14(11(2)19)15(20)12-7-5-4-6-8-12/h4-9,14H,1-3H3. The van der Waals surface area contributed by atoms with Gasteiger partial charge in [-0.05, 0) is 13.8 Å². The third-order valence-electron chi connectivity index (χ3n) is 3.27. The minimum Gasteiger partial charge on any atom is -0.299 e. The van der Waals surface area contributed by atoms with Gasteiger partial charge in [-0.1, -0.05) is 30.3 Å². The van der Waals surface area contributed by atoms with Crippen LogP contribution in [0.25, 0.3) is 0 Å². The van der Waals surface area contributed by atoms with E-state index in [-0.39, 0.29) is 0 Å². The summed E-state index contributed by atoms with van der Waals surface area (Å²) >= 11 is 0. The third kappa shape index (κ3) is 2.97. The first-order valence-corrected chi connectivity index (χ1v) is 6.56. The number of hydrogen-bond acceptors (Lipinski definition) is 4. The molecule has 1 aromatic heterocycles. The fourth-order valence-corrected chi connectivity index (χ4v) is 2.25. The lowest BCUT2D eigenvalue weighted by molar-refractivity contribution is -0.118. The van der Waals surface area contributed by atoms with E-state index in [1.165, 1.54) is 17.8 Å². The summed E-state index contributed by atoms with van der Waals surface area (Å²) in [5.74, 6) is -2.74. The zero-order valence-corrected chi connectivity index (χ0v) is 12.2. The molecule has 5 heteroatoms. The van der Waals surface area contributed by atoms with Crippen molar-refractivity contribution in [3.05, 3.63) is 53.3 Å². The van der Waals surface area contributed by atoms with E-state index >= 15 is 0 Å². The number of aromatic nitrogens is 2. The van der Waals surface area contributed by atoms with Crippen molar-refractivity contribution < 1.29 is 14.4 Å². The van der Waals surface area contributed by atoms with Gasteiger partial charge in [0.25, 0.3) is 0 Å². The van der Waals surface area contributed by atoms with Gasteiger partial charge in [0.1, 0.15) is 11.7 Å². The first kappa shape index (κ1) is 14.8. The Morgan fingerprint density at radius 3 is 2.19 bits per heavy atom. The number of carbonyl (C=O) groups is 3. The van der Waals surface area contributed by atoms with Gasteiger partial charge in [0, 0.05) is 18.8 Å². The number of Topliss-reactive ketones (excluding diaryl/α,β-unsaturated/α-hetero) is 3. The molecule has 0 N–H and O–H groups in total. The summed E-state index contributed by atoms with van der Waals surface area (Å²) in [5, 5.41) is 4.08. The molecule has 1 heterocycles. The van der Waals surface area contributed by atoms with Gasteiger partial charge in [0.2, 0.25) is 0 Å². The number of aryl methyl sites for hydroxylation is 2. The molecule has 0 amide bonds. The molecule has 0 fully saturated rings. The maximum Gasteiger partial charge on any atom is 0.184 e. The minimum atomic E-state index is -1.31. The average molecular weight is 284 g/mol. The maximum atomic E-state index is 12.5. The van der Waals surface area contributed by atoms with Gasteiger partial charge in [0.05, 0.1) is 11.3 Å². The Balaban J connectivity index is 2.40. The normalized spacial score (nSPS) is 12.0. The molecule has 0 aliphatic heterocycles. The molecule has 0 aliphatic carbocycles. The third-order valence-corrected chi connectivity index (χ3v) is 3.27. The van der Waals surface area contributed by atoms with E-state index in [9.17, 15) is 14.4 Å². The van der Waals surface area contributed by atoms with Crippen molar-refractivity contribution in [2.45, 2.75) is 13.8 Å². The monoisotopic (exact) mass is 284 g/mol. The Bertz CT molecular complexity index is 702. The highest BCUT2D eigenvalue weighted by molar-refractivity contribution is 6.27. The quantitative estimate of drug-likeness (QED) is 0.622. The van der Waals surface area contributed by atoms with E-state index in [1.54, 1.807) is 44.3 Å². The second-order valence-corrected chi connectivity index (χ2v) is 4.94. The predicted molar refractivity (Wildman–Crippen MR) is 77.2 cm³/mol. The van der Waals surface area contributed by atoms with Crippen molar-refractivity contribution in [1.82, 2.24) is 9.78 Å². The minimum absolute atomic E-state index is 0.307. The van der Waals surface area contributed by atoms with Crippen molar-refractivity contribution in [3.8, 4) is 0 Å². The highest BCUT2D eigenvalue weighted by atomic mass is 16.2. The second-order valence-electron chi connectivity index (χ2n) is 4.94. The second kappa shape index (κ2) is 5.83. The van der Waals surface area contributed by atoms with Crippen LogP contribution in [-0.2, 0) is 11.8 Å². The summed E-state index contributed by atoms with van der Waals surface area (Å²) in [5.41, 5.74) is 1.17. The van der Waals surface area contributed by atoms with Crippen molar-refractivity contribution in [1.29, 1.82) is 0 Å². The molecule has 1 aromatic carbocycles. The summed E-state index contributed by atoms with van der Waals surface area (Å²) in [6.45, 7) is 2.94. The Kier molecular flexibility index (Phi) is 4.12. The van der Waals surface area contributed by atoms with Crippen LogP contribution in [0.2, 0.25) is 0 Å². The molecule has 2 rings (SSSR count). The van der Waals surface area contributed by atoms with Crippen LogP contribution in [0.4, 0.5) is 0 Å². The highest BCUT2D eigenvalue weighted by Crippen LogP contribution is 2.18. The summed E-state index contributed by atoms with van der Waals surface area (Å²) in [6, 6.07) is 8.37. The van der Waals surface area contributed by atoms with Crippen LogP contribution in [0.1, 0.15) is 33.3 Å². The van der Waals surface area contributed by atoms with Crippen LogP contribution in [0, 0.1) is 12.8 Å². The molecule has 5 nitrogen and oxygen atoms in total. The summed E-state index contributed by atoms with van der Waals surface area (Å²) < 4.78 is 1.49. The zero-order valence-electron chi connectivity index (χ0n) is 12.2. The molecule has 1 unspecified atom stereocenters. The lowest BCUT2D eigenvalue weighted by Crippen LogP contribution is -2.30. The van der Waals surface area contributed by atoms with Crippen LogP contribution in [0.3, 0.4) is 0 Å². The molecule has 2 aromatic rings. The smallest absolute Gasteiger partial charge is 0.184 e. The Morgan fingerprint density at radius 1 is 1.10 bits per heavy atom. The molecule has 0 spiro atoms. The first-order valence-electron chi connectivity index (χ1n) is 6.56. The highest BCUT2D eigenvalue weighted by Gasteiger charge is 2.34. The van der Waals surface area contributed by atoms with Gasteiger partial charge < -0.3 is 0 Å². The van der Waals surface area contributed by atoms with E-state index in [4.69, 9.17) is 0 Å².